The lowest BCUT2D eigenvalue weighted by atomic mass is 10.3. The Labute approximate surface area is 114 Å². The summed E-state index contributed by atoms with van der Waals surface area (Å²) in [6.07, 6.45) is 0.795. The van der Waals surface area contributed by atoms with Crippen LogP contribution in [0.1, 0.15) is 15.4 Å². The Morgan fingerprint density at radius 3 is 3.00 bits per heavy atom. The Bertz CT molecular complexity index is 542. The lowest BCUT2D eigenvalue weighted by Crippen LogP contribution is -2.26. The minimum absolute atomic E-state index is 0.169. The highest BCUT2D eigenvalue weighted by atomic mass is 35.5. The van der Waals surface area contributed by atoms with Crippen LogP contribution in [0.4, 0.5) is 5.82 Å². The molecule has 0 atom stereocenters. The molecule has 0 unspecified atom stereocenters. The molecule has 94 valence electrons. The predicted molar refractivity (Wildman–Crippen MR) is 74.0 cm³/mol. The lowest BCUT2D eigenvalue weighted by Gasteiger charge is -2.05. The number of thiophene rings is 1. The number of anilines is 1. The summed E-state index contributed by atoms with van der Waals surface area (Å²) in [6.45, 7) is 0.548. The van der Waals surface area contributed by atoms with Crippen LogP contribution in [0.25, 0.3) is 0 Å². The molecule has 0 aliphatic carbocycles. The number of amides is 1. The van der Waals surface area contributed by atoms with Crippen LogP contribution in [0.5, 0.6) is 0 Å². The Hall–Kier alpha value is -1.59. The van der Waals surface area contributed by atoms with Crippen LogP contribution in [0.3, 0.4) is 0 Å². The van der Waals surface area contributed by atoms with Crippen LogP contribution in [0.2, 0.25) is 5.02 Å². The van der Waals surface area contributed by atoms with E-state index in [0.29, 0.717) is 11.6 Å². The number of nitrogens with one attached hydrogen (secondary N) is 1. The van der Waals surface area contributed by atoms with E-state index in [1.807, 2.05) is 17.5 Å². The quantitative estimate of drug-likeness (QED) is 0.904. The summed E-state index contributed by atoms with van der Waals surface area (Å²) in [6, 6.07) is 7.14. The van der Waals surface area contributed by atoms with E-state index in [-0.39, 0.29) is 17.4 Å². The Morgan fingerprint density at radius 1 is 1.44 bits per heavy atom. The van der Waals surface area contributed by atoms with Crippen molar-refractivity contribution >= 4 is 34.7 Å². The number of nitrogen functional groups attached to an aromatic ring is 1. The van der Waals surface area contributed by atoms with Gasteiger partial charge in [-0.05, 0) is 30.0 Å². The van der Waals surface area contributed by atoms with Gasteiger partial charge in [-0.1, -0.05) is 17.7 Å². The van der Waals surface area contributed by atoms with Crippen molar-refractivity contribution < 1.29 is 4.79 Å². The molecule has 0 fully saturated rings. The second-order valence-electron chi connectivity index (χ2n) is 3.65. The highest BCUT2D eigenvalue weighted by Gasteiger charge is 2.11. The van der Waals surface area contributed by atoms with Crippen LogP contribution >= 0.6 is 22.9 Å². The first kappa shape index (κ1) is 12.9. The first-order valence-electron chi connectivity index (χ1n) is 5.39. The van der Waals surface area contributed by atoms with Gasteiger partial charge in [0, 0.05) is 11.4 Å². The monoisotopic (exact) mass is 281 g/mol. The molecule has 3 N–H and O–H groups in total. The Balaban J connectivity index is 1.93. The van der Waals surface area contributed by atoms with Gasteiger partial charge in [0.15, 0.2) is 0 Å². The molecule has 0 saturated heterocycles. The van der Waals surface area contributed by atoms with Gasteiger partial charge in [-0.2, -0.15) is 0 Å². The van der Waals surface area contributed by atoms with Crippen LogP contribution in [0, 0.1) is 0 Å². The van der Waals surface area contributed by atoms with Crippen LogP contribution in [-0.2, 0) is 6.42 Å². The molecule has 18 heavy (non-hydrogen) atoms. The van der Waals surface area contributed by atoms with E-state index in [1.54, 1.807) is 23.5 Å². The van der Waals surface area contributed by atoms with Crippen LogP contribution in [-0.4, -0.2) is 17.4 Å². The zero-order valence-corrected chi connectivity index (χ0v) is 11.1. The summed E-state index contributed by atoms with van der Waals surface area (Å²) in [5.41, 5.74) is 5.69. The molecule has 4 nitrogen and oxygen atoms in total. The predicted octanol–water partition coefficient (Wildman–Crippen LogP) is 2.35. The maximum absolute atomic E-state index is 11.8. The largest absolute Gasteiger partial charge is 0.384 e. The third kappa shape index (κ3) is 3.21. The molecule has 0 radical (unpaired) electrons. The fourth-order valence-corrected chi connectivity index (χ4v) is 2.35. The molecule has 2 heterocycles. The van der Waals surface area contributed by atoms with E-state index in [2.05, 4.69) is 10.3 Å². The summed E-state index contributed by atoms with van der Waals surface area (Å²) in [5, 5.41) is 5.08. The second-order valence-corrected chi connectivity index (χ2v) is 5.09. The highest BCUT2D eigenvalue weighted by molar-refractivity contribution is 7.09. The van der Waals surface area contributed by atoms with Crippen molar-refractivity contribution in [1.29, 1.82) is 0 Å². The molecule has 0 bridgehead atoms. The number of nitrogens with two attached hydrogens (primary N) is 1. The maximum atomic E-state index is 11.8. The summed E-state index contributed by atoms with van der Waals surface area (Å²) in [4.78, 5) is 17.0. The van der Waals surface area contributed by atoms with E-state index in [1.165, 1.54) is 4.88 Å². The number of carbonyl (C=O) groups excluding carboxylic acids is 1. The SMILES string of the molecule is Nc1ccc(Cl)c(C(=O)NCCc2cccs2)n1. The number of carbonyl (C=O) groups is 1. The number of halogens is 1. The van der Waals surface area contributed by atoms with E-state index >= 15 is 0 Å². The lowest BCUT2D eigenvalue weighted by molar-refractivity contribution is 0.0949. The van der Waals surface area contributed by atoms with Crippen LogP contribution < -0.4 is 11.1 Å². The molecular weight excluding hydrogens is 270 g/mol. The number of aromatic nitrogens is 1. The molecule has 2 rings (SSSR count). The summed E-state index contributed by atoms with van der Waals surface area (Å²) in [5.74, 6) is -0.0216. The molecule has 2 aromatic heterocycles. The second kappa shape index (κ2) is 5.84. The van der Waals surface area contributed by atoms with Gasteiger partial charge < -0.3 is 11.1 Å². The Kier molecular flexibility index (Phi) is 4.17. The molecule has 2 aromatic rings. The fraction of sp³-hybridized carbons (Fsp3) is 0.167. The zero-order valence-electron chi connectivity index (χ0n) is 9.52. The molecule has 0 aliphatic heterocycles. The number of nitrogens with zero attached hydrogens (tertiary/aromatic N) is 1. The van der Waals surface area contributed by atoms with Crippen molar-refractivity contribution in [2.45, 2.75) is 6.42 Å². The van der Waals surface area contributed by atoms with E-state index in [9.17, 15) is 4.79 Å². The van der Waals surface area contributed by atoms with Gasteiger partial charge in [-0.15, -0.1) is 11.3 Å². The molecule has 0 aromatic carbocycles. The average molecular weight is 282 g/mol. The van der Waals surface area contributed by atoms with Gasteiger partial charge in [-0.3, -0.25) is 4.79 Å². The van der Waals surface area contributed by atoms with Gasteiger partial charge >= 0.3 is 0 Å². The highest BCUT2D eigenvalue weighted by Crippen LogP contribution is 2.15. The first-order valence-corrected chi connectivity index (χ1v) is 6.65. The number of pyridine rings is 1. The van der Waals surface area contributed by atoms with E-state index < -0.39 is 0 Å². The molecular formula is C12H12ClN3OS. The van der Waals surface area contributed by atoms with Crippen LogP contribution in [0.15, 0.2) is 29.6 Å². The number of rotatable bonds is 4. The maximum Gasteiger partial charge on any atom is 0.271 e. The summed E-state index contributed by atoms with van der Waals surface area (Å²) >= 11 is 7.56. The van der Waals surface area contributed by atoms with Crippen molar-refractivity contribution in [3.63, 3.8) is 0 Å². The van der Waals surface area contributed by atoms with Crippen molar-refractivity contribution in [2.75, 3.05) is 12.3 Å². The van der Waals surface area contributed by atoms with Crippen molar-refractivity contribution in [2.24, 2.45) is 0 Å². The van der Waals surface area contributed by atoms with Gasteiger partial charge in [-0.25, -0.2) is 4.98 Å². The van der Waals surface area contributed by atoms with Crippen molar-refractivity contribution in [3.05, 3.63) is 45.2 Å². The van der Waals surface area contributed by atoms with Gasteiger partial charge in [0.25, 0.3) is 5.91 Å². The smallest absolute Gasteiger partial charge is 0.271 e. The molecule has 1 amide bonds. The van der Waals surface area contributed by atoms with E-state index in [4.69, 9.17) is 17.3 Å². The van der Waals surface area contributed by atoms with Gasteiger partial charge in [0.2, 0.25) is 0 Å². The minimum Gasteiger partial charge on any atom is -0.384 e. The average Bonchev–Trinajstić information content (AvgIpc) is 2.85. The number of hydrogen-bond donors (Lipinski definition) is 2. The fourth-order valence-electron chi connectivity index (χ4n) is 1.45. The molecule has 0 saturated carbocycles. The van der Waals surface area contributed by atoms with E-state index in [0.717, 1.165) is 6.42 Å². The standard InChI is InChI=1S/C12H12ClN3OS/c13-9-3-4-10(14)16-11(9)12(17)15-6-5-8-2-1-7-18-8/h1-4,7H,5-6H2,(H2,14,16)(H,15,17). The number of hydrogen-bond acceptors (Lipinski definition) is 4. The molecule has 0 spiro atoms. The zero-order chi connectivity index (χ0) is 13.0. The summed E-state index contributed by atoms with van der Waals surface area (Å²) < 4.78 is 0. The van der Waals surface area contributed by atoms with Gasteiger partial charge in [0.1, 0.15) is 11.5 Å². The first-order chi connectivity index (χ1) is 8.66. The molecule has 0 aliphatic rings. The Morgan fingerprint density at radius 2 is 2.28 bits per heavy atom. The third-order valence-corrected chi connectivity index (χ3v) is 3.56. The van der Waals surface area contributed by atoms with Crippen molar-refractivity contribution in [1.82, 2.24) is 10.3 Å². The molecule has 6 heteroatoms. The van der Waals surface area contributed by atoms with Gasteiger partial charge in [0.05, 0.1) is 5.02 Å². The normalized spacial score (nSPS) is 10.3. The topological polar surface area (TPSA) is 68.0 Å². The minimum atomic E-state index is -0.302. The third-order valence-electron chi connectivity index (χ3n) is 2.32. The van der Waals surface area contributed by atoms with Crippen molar-refractivity contribution in [3.8, 4) is 0 Å². The summed E-state index contributed by atoms with van der Waals surface area (Å²) in [7, 11) is 0.